The van der Waals surface area contributed by atoms with Crippen LogP contribution in [0.2, 0.25) is 0 Å². The highest BCUT2D eigenvalue weighted by molar-refractivity contribution is 5.95. The van der Waals surface area contributed by atoms with Crippen molar-refractivity contribution in [2.24, 2.45) is 35.5 Å². The van der Waals surface area contributed by atoms with Crippen molar-refractivity contribution in [3.63, 3.8) is 0 Å². The number of carbonyl (C=O) groups is 3. The number of benzene rings is 3. The Balaban J connectivity index is 0.000000183. The smallest absolute Gasteiger partial charge is 0.341 e. The number of pyridine rings is 3. The lowest BCUT2D eigenvalue weighted by Gasteiger charge is -2.32. The van der Waals surface area contributed by atoms with E-state index in [4.69, 9.17) is 4.74 Å². The van der Waals surface area contributed by atoms with Crippen LogP contribution in [0.25, 0.3) is 32.7 Å². The quantitative estimate of drug-likeness (QED) is 0.0734. The maximum atomic E-state index is 14.9. The Kier molecular flexibility index (Phi) is 22.1. The van der Waals surface area contributed by atoms with Gasteiger partial charge in [-0.05, 0) is 131 Å². The summed E-state index contributed by atoms with van der Waals surface area (Å²) in [7, 11) is 7.72. The number of aromatic carboxylic acids is 3. The number of hydrogen-bond donors (Lipinski definition) is 3. The van der Waals surface area contributed by atoms with Crippen LogP contribution in [-0.4, -0.2) is 126 Å². The Morgan fingerprint density at radius 3 is 1.08 bits per heavy atom. The molecule has 2 aliphatic heterocycles. The third-order valence-electron chi connectivity index (χ3n) is 16.6. The zero-order valence-corrected chi connectivity index (χ0v) is 51.1. The maximum absolute atomic E-state index is 14.9. The first-order valence-corrected chi connectivity index (χ1v) is 29.9. The summed E-state index contributed by atoms with van der Waals surface area (Å²) in [5, 5.41) is 28.4. The second kappa shape index (κ2) is 28.8. The predicted molar refractivity (Wildman–Crippen MR) is 330 cm³/mol. The van der Waals surface area contributed by atoms with Gasteiger partial charge in [0.2, 0.25) is 16.3 Å². The standard InChI is InChI=1S/C22H30FN3O3.C22H29FN2O3.C21H27FN2O4/c1-14(2)11-26-13-17(22(28)29)21(27)16-9-18(23)20(10-19(16)26)25(4)12-15-5-7-24(3)8-6-15;1-14(2)11-25-13-17(22(27)28)21(26)16-9-18(23)20(10-19(16)25)24(3)12-15-7-5-4-6-8-15;1-13(2)10-24-12-16(21(26)27)20(25)15-8-17(22)19(9-18(15)24)23(3)11-14-4-6-28-7-5-14/h9-10,13-15H,5-8,11-12H2,1-4H3,(H,28,29);9-10,13-15H,4-8,11-12H2,1-3H3,(H,27,28);8-9,12-14H,4-7,10-11H2,1-3H3,(H,26,27). The van der Waals surface area contributed by atoms with Gasteiger partial charge in [0.1, 0.15) is 34.1 Å². The number of fused-ring (bicyclic) bond motifs is 3. The van der Waals surface area contributed by atoms with Crippen molar-refractivity contribution in [1.29, 1.82) is 0 Å². The molecule has 6 aromatic rings. The van der Waals surface area contributed by atoms with Crippen LogP contribution in [0.4, 0.5) is 30.2 Å². The molecule has 9 rings (SSSR count). The van der Waals surface area contributed by atoms with Crippen LogP contribution in [0.1, 0.15) is 130 Å². The molecule has 0 bridgehead atoms. The molecule has 0 amide bonds. The number of anilines is 3. The number of likely N-dealkylation sites (tertiary alicyclic amines) is 1. The van der Waals surface area contributed by atoms with Crippen molar-refractivity contribution in [2.75, 3.05) is 88.8 Å². The number of rotatable bonds is 18. The van der Waals surface area contributed by atoms with Crippen LogP contribution in [0.5, 0.6) is 0 Å². The van der Waals surface area contributed by atoms with E-state index in [0.29, 0.717) is 77.5 Å². The molecule has 85 heavy (non-hydrogen) atoms. The molecule has 462 valence electrons. The number of piperidine rings is 1. The minimum absolute atomic E-state index is 0.0984. The number of nitrogens with zero attached hydrogens (tertiary/aromatic N) is 7. The topological polar surface area (TPSA) is 200 Å². The highest BCUT2D eigenvalue weighted by Gasteiger charge is 2.26. The molecule has 3 N–H and O–H groups in total. The van der Waals surface area contributed by atoms with Gasteiger partial charge in [0.25, 0.3) is 0 Å². The number of halogens is 3. The van der Waals surface area contributed by atoms with Gasteiger partial charge in [-0.1, -0.05) is 60.8 Å². The molecule has 0 spiro atoms. The van der Waals surface area contributed by atoms with Gasteiger partial charge in [0.05, 0.1) is 33.6 Å². The highest BCUT2D eigenvalue weighted by atomic mass is 19.1. The first-order chi connectivity index (χ1) is 40.2. The van der Waals surface area contributed by atoms with E-state index < -0.39 is 51.6 Å². The van der Waals surface area contributed by atoms with Gasteiger partial charge in [-0.3, -0.25) is 14.4 Å². The second-order valence-corrected chi connectivity index (χ2v) is 25.1. The molecular weight excluding hydrogens is 1100 g/mol. The summed E-state index contributed by atoms with van der Waals surface area (Å²) in [6.07, 6.45) is 14.2. The van der Waals surface area contributed by atoms with Crippen molar-refractivity contribution in [2.45, 2.75) is 119 Å². The summed E-state index contributed by atoms with van der Waals surface area (Å²) in [4.78, 5) is 80.2. The van der Waals surface area contributed by atoms with E-state index in [0.717, 1.165) is 65.1 Å². The first kappa shape index (κ1) is 65.4. The van der Waals surface area contributed by atoms with E-state index in [1.54, 1.807) is 31.9 Å². The minimum atomic E-state index is -1.30. The summed E-state index contributed by atoms with van der Waals surface area (Å²) >= 11 is 0. The molecule has 0 atom stereocenters. The molecule has 3 aromatic carbocycles. The third-order valence-corrected chi connectivity index (χ3v) is 16.6. The molecule has 3 fully saturated rings. The van der Waals surface area contributed by atoms with Crippen LogP contribution >= 0.6 is 0 Å². The van der Waals surface area contributed by atoms with E-state index >= 15 is 0 Å². The fourth-order valence-electron chi connectivity index (χ4n) is 12.2. The average Bonchev–Trinajstić information content (AvgIpc) is 3.64. The normalized spacial score (nSPS) is 15.5. The molecule has 2 saturated heterocycles. The average molecular weight is 1180 g/mol. The molecule has 20 heteroatoms. The van der Waals surface area contributed by atoms with Gasteiger partial charge in [0.15, 0.2) is 0 Å². The predicted octanol–water partition coefficient (Wildman–Crippen LogP) is 11.1. The highest BCUT2D eigenvalue weighted by Crippen LogP contribution is 2.32. The molecular formula is C65H86F3N7O10. The minimum Gasteiger partial charge on any atom is -0.477 e. The van der Waals surface area contributed by atoms with E-state index in [9.17, 15) is 57.3 Å². The molecule has 3 aliphatic rings. The zero-order chi connectivity index (χ0) is 62.1. The van der Waals surface area contributed by atoms with Gasteiger partial charge < -0.3 is 53.4 Å². The molecule has 3 aromatic heterocycles. The van der Waals surface area contributed by atoms with Crippen molar-refractivity contribution < 1.29 is 47.6 Å². The Morgan fingerprint density at radius 1 is 0.494 bits per heavy atom. The number of carboxylic acid groups (broad SMARTS) is 3. The first-order valence-electron chi connectivity index (χ1n) is 29.9. The maximum Gasteiger partial charge on any atom is 0.341 e. The van der Waals surface area contributed by atoms with Gasteiger partial charge in [-0.25, -0.2) is 27.6 Å². The van der Waals surface area contributed by atoms with E-state index in [2.05, 4.69) is 11.9 Å². The van der Waals surface area contributed by atoms with Crippen LogP contribution < -0.4 is 31.0 Å². The van der Waals surface area contributed by atoms with Crippen molar-refractivity contribution in [3.8, 4) is 0 Å². The van der Waals surface area contributed by atoms with Crippen LogP contribution in [0.3, 0.4) is 0 Å². The molecule has 0 radical (unpaired) electrons. The fraction of sp³-hybridized carbons (Fsp3) is 0.538. The fourth-order valence-corrected chi connectivity index (χ4v) is 12.2. The number of ether oxygens (including phenoxy) is 1. The Labute approximate surface area is 495 Å². The monoisotopic (exact) mass is 1180 g/mol. The Bertz CT molecular complexity index is 3410. The number of hydrogen-bond acceptors (Lipinski definition) is 11. The van der Waals surface area contributed by atoms with Crippen LogP contribution in [0, 0.1) is 53.0 Å². The van der Waals surface area contributed by atoms with Gasteiger partial charge in [-0.15, -0.1) is 0 Å². The van der Waals surface area contributed by atoms with Crippen molar-refractivity contribution in [1.82, 2.24) is 18.6 Å². The number of aromatic nitrogens is 3. The summed E-state index contributed by atoms with van der Waals surface area (Å²) in [5.41, 5.74) is 0.0961. The molecule has 17 nitrogen and oxygen atoms in total. The third kappa shape index (κ3) is 16.2. The summed E-state index contributed by atoms with van der Waals surface area (Å²) in [6, 6.07) is 8.63. The van der Waals surface area contributed by atoms with Gasteiger partial charge >= 0.3 is 17.9 Å². The largest absolute Gasteiger partial charge is 0.477 e. The summed E-state index contributed by atoms with van der Waals surface area (Å²) in [5.74, 6) is -3.16. The second-order valence-electron chi connectivity index (χ2n) is 25.1. The molecule has 5 heterocycles. The van der Waals surface area contributed by atoms with Gasteiger partial charge in [-0.2, -0.15) is 0 Å². The summed E-state index contributed by atoms with van der Waals surface area (Å²) in [6.45, 7) is 19.5. The molecule has 1 saturated carbocycles. The van der Waals surface area contributed by atoms with Gasteiger partial charge in [0, 0.05) is 108 Å². The van der Waals surface area contributed by atoms with Crippen LogP contribution in [-0.2, 0) is 24.4 Å². The number of carboxylic acids is 3. The van der Waals surface area contributed by atoms with E-state index in [-0.39, 0.29) is 50.6 Å². The van der Waals surface area contributed by atoms with E-state index in [1.807, 2.05) is 77.4 Å². The zero-order valence-electron chi connectivity index (χ0n) is 51.1. The van der Waals surface area contributed by atoms with Crippen molar-refractivity contribution >= 4 is 67.7 Å². The lowest BCUT2D eigenvalue weighted by Crippen LogP contribution is -2.36. The summed E-state index contributed by atoms with van der Waals surface area (Å²) < 4.78 is 55.4. The van der Waals surface area contributed by atoms with E-state index in [1.165, 1.54) is 68.9 Å². The molecule has 0 unspecified atom stereocenters. The SMILES string of the molecule is CC(C)Cn1cc(C(=O)O)c(=O)c2cc(F)c(N(C)CC3CCCCC3)cc21.CC(C)Cn1cc(C(=O)O)c(=O)c2cc(F)c(N(C)CC3CCN(C)CC3)cc21.CC(C)Cn1cc(C(=O)O)c(=O)c2cc(F)c(N(C)CC3CCOCC3)cc21. The lowest BCUT2D eigenvalue weighted by molar-refractivity contribution is 0.0683. The van der Waals surface area contributed by atoms with Crippen LogP contribution in [0.15, 0.2) is 69.4 Å². The Hall–Kier alpha value is -7.19. The molecule has 1 aliphatic carbocycles. The lowest BCUT2D eigenvalue weighted by atomic mass is 9.89. The Morgan fingerprint density at radius 2 is 0.788 bits per heavy atom. The van der Waals surface area contributed by atoms with Crippen molar-refractivity contribution in [3.05, 3.63) is 120 Å².